The van der Waals surface area contributed by atoms with Crippen molar-refractivity contribution in [3.8, 4) is 0 Å². The maximum atomic E-state index is 14.2. The first kappa shape index (κ1) is 14.3. The van der Waals surface area contributed by atoms with Crippen LogP contribution in [0.15, 0.2) is 18.2 Å². The molecule has 0 saturated heterocycles. The number of para-hydroxylation sites is 1. The van der Waals surface area contributed by atoms with Crippen LogP contribution in [-0.4, -0.2) is 19.6 Å². The summed E-state index contributed by atoms with van der Waals surface area (Å²) in [6.45, 7) is 7.85. The predicted molar refractivity (Wildman–Crippen MR) is 79.0 cm³/mol. The Morgan fingerprint density at radius 1 is 1.32 bits per heavy atom. The Labute approximate surface area is 116 Å². The molecule has 0 radical (unpaired) electrons. The summed E-state index contributed by atoms with van der Waals surface area (Å²) in [4.78, 5) is 2.20. The number of nitrogens with zero attached hydrogens (tertiary/aromatic N) is 1. The minimum Gasteiger partial charge on any atom is -0.369 e. The molecule has 1 N–H and O–H groups in total. The average Bonchev–Trinajstić information content (AvgIpc) is 3.21. The van der Waals surface area contributed by atoms with Crippen molar-refractivity contribution in [2.24, 2.45) is 5.92 Å². The molecule has 0 atom stereocenters. The van der Waals surface area contributed by atoms with Gasteiger partial charge in [-0.25, -0.2) is 4.39 Å². The van der Waals surface area contributed by atoms with Gasteiger partial charge >= 0.3 is 0 Å². The quantitative estimate of drug-likeness (QED) is 0.722. The van der Waals surface area contributed by atoms with Gasteiger partial charge in [-0.2, -0.15) is 0 Å². The third-order valence-electron chi connectivity index (χ3n) is 3.69. The fourth-order valence-corrected chi connectivity index (χ4v) is 2.45. The summed E-state index contributed by atoms with van der Waals surface area (Å²) in [6.07, 6.45) is 3.70. The number of anilines is 1. The normalized spacial score (nSPS) is 14.7. The molecule has 0 bridgehead atoms. The van der Waals surface area contributed by atoms with E-state index in [1.54, 1.807) is 6.07 Å². The number of rotatable bonds is 8. The summed E-state index contributed by atoms with van der Waals surface area (Å²) < 4.78 is 14.2. The van der Waals surface area contributed by atoms with E-state index in [-0.39, 0.29) is 5.82 Å². The second-order valence-electron chi connectivity index (χ2n) is 5.41. The van der Waals surface area contributed by atoms with Crippen molar-refractivity contribution < 1.29 is 4.39 Å². The predicted octanol–water partition coefficient (Wildman–Crippen LogP) is 3.56. The van der Waals surface area contributed by atoms with Gasteiger partial charge in [-0.3, -0.25) is 0 Å². The Hall–Kier alpha value is -1.09. The van der Waals surface area contributed by atoms with Gasteiger partial charge in [0.2, 0.25) is 0 Å². The lowest BCUT2D eigenvalue weighted by molar-refractivity contribution is 0.604. The molecule has 19 heavy (non-hydrogen) atoms. The van der Waals surface area contributed by atoms with Crippen LogP contribution in [0.1, 0.15) is 38.7 Å². The van der Waals surface area contributed by atoms with Crippen LogP contribution in [0, 0.1) is 11.7 Å². The van der Waals surface area contributed by atoms with E-state index in [1.807, 2.05) is 12.1 Å². The van der Waals surface area contributed by atoms with Crippen molar-refractivity contribution in [2.45, 2.75) is 39.7 Å². The van der Waals surface area contributed by atoms with E-state index in [1.165, 1.54) is 12.8 Å². The number of benzene rings is 1. The topological polar surface area (TPSA) is 15.3 Å². The number of halogens is 1. The molecule has 1 aromatic rings. The van der Waals surface area contributed by atoms with Crippen LogP contribution < -0.4 is 10.2 Å². The van der Waals surface area contributed by atoms with Gasteiger partial charge in [0.05, 0.1) is 5.69 Å². The first-order chi connectivity index (χ1) is 9.26. The summed E-state index contributed by atoms with van der Waals surface area (Å²) >= 11 is 0. The molecule has 0 spiro atoms. The maximum Gasteiger partial charge on any atom is 0.146 e. The van der Waals surface area contributed by atoms with E-state index in [0.29, 0.717) is 0 Å². The second-order valence-corrected chi connectivity index (χ2v) is 5.41. The lowest BCUT2D eigenvalue weighted by Gasteiger charge is -2.26. The van der Waals surface area contributed by atoms with Gasteiger partial charge in [0.15, 0.2) is 0 Å². The van der Waals surface area contributed by atoms with Crippen LogP contribution in [0.3, 0.4) is 0 Å². The van der Waals surface area contributed by atoms with Crippen molar-refractivity contribution in [1.82, 2.24) is 5.32 Å². The van der Waals surface area contributed by atoms with Gasteiger partial charge in [0.25, 0.3) is 0 Å². The average molecular weight is 264 g/mol. The van der Waals surface area contributed by atoms with Crippen molar-refractivity contribution in [1.29, 1.82) is 0 Å². The molecular weight excluding hydrogens is 239 g/mol. The highest BCUT2D eigenvalue weighted by molar-refractivity contribution is 5.55. The molecule has 1 saturated carbocycles. The summed E-state index contributed by atoms with van der Waals surface area (Å²) in [7, 11) is 0. The van der Waals surface area contributed by atoms with Crippen molar-refractivity contribution >= 4 is 5.69 Å². The highest BCUT2D eigenvalue weighted by atomic mass is 19.1. The monoisotopic (exact) mass is 264 g/mol. The standard InChI is InChI=1S/C16H25FN2/c1-3-10-18-11-14-6-5-7-15(17)16(14)19(4-2)12-13-8-9-13/h5-7,13,18H,3-4,8-12H2,1-2H3. The smallest absolute Gasteiger partial charge is 0.146 e. The van der Waals surface area contributed by atoms with Crippen LogP contribution in [0.25, 0.3) is 0 Å². The largest absolute Gasteiger partial charge is 0.369 e. The maximum absolute atomic E-state index is 14.2. The molecule has 2 rings (SSSR count). The first-order valence-corrected chi connectivity index (χ1v) is 7.49. The highest BCUT2D eigenvalue weighted by Crippen LogP contribution is 2.33. The molecule has 0 aliphatic heterocycles. The van der Waals surface area contributed by atoms with Crippen molar-refractivity contribution in [2.75, 3.05) is 24.5 Å². The van der Waals surface area contributed by atoms with Crippen molar-refractivity contribution in [3.63, 3.8) is 0 Å². The molecule has 1 fully saturated rings. The Morgan fingerprint density at radius 2 is 2.11 bits per heavy atom. The fourth-order valence-electron chi connectivity index (χ4n) is 2.45. The highest BCUT2D eigenvalue weighted by Gasteiger charge is 2.25. The number of hydrogen-bond acceptors (Lipinski definition) is 2. The van der Waals surface area contributed by atoms with Crippen molar-refractivity contribution in [3.05, 3.63) is 29.6 Å². The lowest BCUT2D eigenvalue weighted by atomic mass is 10.1. The second kappa shape index (κ2) is 6.90. The van der Waals surface area contributed by atoms with Gasteiger partial charge in [-0.05, 0) is 50.3 Å². The Bertz CT molecular complexity index is 402. The zero-order valence-electron chi connectivity index (χ0n) is 12.1. The molecule has 1 aliphatic rings. The van der Waals surface area contributed by atoms with E-state index < -0.39 is 0 Å². The molecule has 3 heteroatoms. The van der Waals surface area contributed by atoms with Gasteiger partial charge in [0.1, 0.15) is 5.82 Å². The van der Waals surface area contributed by atoms with Gasteiger partial charge in [0, 0.05) is 19.6 Å². The minimum absolute atomic E-state index is 0.0849. The molecule has 1 aliphatic carbocycles. The Morgan fingerprint density at radius 3 is 2.74 bits per heavy atom. The molecule has 0 aromatic heterocycles. The van der Waals surface area contributed by atoms with E-state index in [9.17, 15) is 4.39 Å². The Balaban J connectivity index is 2.14. The lowest BCUT2D eigenvalue weighted by Crippen LogP contribution is -2.28. The third-order valence-corrected chi connectivity index (χ3v) is 3.69. The summed E-state index contributed by atoms with van der Waals surface area (Å²) in [5, 5.41) is 3.37. The molecular formula is C16H25FN2. The summed E-state index contributed by atoms with van der Waals surface area (Å²) in [5.74, 6) is 0.689. The van der Waals surface area contributed by atoms with Crippen LogP contribution in [0.4, 0.5) is 10.1 Å². The third kappa shape index (κ3) is 3.93. The van der Waals surface area contributed by atoms with E-state index in [0.717, 1.165) is 49.8 Å². The van der Waals surface area contributed by atoms with Crippen LogP contribution in [0.5, 0.6) is 0 Å². The molecule has 0 heterocycles. The van der Waals surface area contributed by atoms with E-state index in [2.05, 4.69) is 24.1 Å². The Kier molecular flexibility index (Phi) is 5.20. The van der Waals surface area contributed by atoms with Gasteiger partial charge in [-0.15, -0.1) is 0 Å². The zero-order valence-corrected chi connectivity index (χ0v) is 12.1. The van der Waals surface area contributed by atoms with Gasteiger partial charge in [-0.1, -0.05) is 19.1 Å². The molecule has 2 nitrogen and oxygen atoms in total. The summed E-state index contributed by atoms with van der Waals surface area (Å²) in [5.41, 5.74) is 1.89. The SMILES string of the molecule is CCCNCc1cccc(F)c1N(CC)CC1CC1. The van der Waals surface area contributed by atoms with E-state index in [4.69, 9.17) is 0 Å². The fraction of sp³-hybridized carbons (Fsp3) is 0.625. The van der Waals surface area contributed by atoms with Crippen LogP contribution in [-0.2, 0) is 6.54 Å². The zero-order chi connectivity index (χ0) is 13.7. The van der Waals surface area contributed by atoms with Crippen LogP contribution >= 0.6 is 0 Å². The van der Waals surface area contributed by atoms with Gasteiger partial charge < -0.3 is 10.2 Å². The molecule has 106 valence electrons. The number of nitrogens with one attached hydrogen (secondary N) is 1. The number of hydrogen-bond donors (Lipinski definition) is 1. The summed E-state index contributed by atoms with van der Waals surface area (Å²) in [6, 6.07) is 5.43. The molecule has 0 amide bonds. The molecule has 1 aromatic carbocycles. The molecule has 0 unspecified atom stereocenters. The van der Waals surface area contributed by atoms with E-state index >= 15 is 0 Å². The first-order valence-electron chi connectivity index (χ1n) is 7.49. The van der Waals surface area contributed by atoms with Crippen LogP contribution in [0.2, 0.25) is 0 Å². The minimum atomic E-state index is -0.0849.